The van der Waals surface area contributed by atoms with Gasteiger partial charge in [-0.05, 0) is 11.8 Å². The molecule has 1 aliphatic heterocycles. The number of hydrogen-bond acceptors (Lipinski definition) is 3. The van der Waals surface area contributed by atoms with Crippen LogP contribution in [0.3, 0.4) is 0 Å². The number of carbonyl (C=O) groups excluding carboxylic acids is 1. The highest BCUT2D eigenvalue weighted by Crippen LogP contribution is 2.27. The van der Waals surface area contributed by atoms with Crippen molar-refractivity contribution in [1.29, 1.82) is 0 Å². The molecule has 3 nitrogen and oxygen atoms in total. The van der Waals surface area contributed by atoms with E-state index in [4.69, 9.17) is 5.11 Å². The van der Waals surface area contributed by atoms with Crippen LogP contribution in [0, 0.1) is 5.41 Å². The highest BCUT2D eigenvalue weighted by Gasteiger charge is 2.18. The fraction of sp³-hybridized carbons (Fsp3) is 0.600. The molecule has 0 aromatic rings. The van der Waals surface area contributed by atoms with E-state index in [0.29, 0.717) is 12.7 Å². The average molecular weight is 181 g/mol. The maximum atomic E-state index is 10.2. The van der Waals surface area contributed by atoms with Crippen LogP contribution < -0.4 is 0 Å². The van der Waals surface area contributed by atoms with Gasteiger partial charge in [-0.2, -0.15) is 0 Å². The van der Waals surface area contributed by atoms with Crippen LogP contribution in [-0.2, 0) is 4.79 Å². The second-order valence-corrected chi connectivity index (χ2v) is 4.05. The molecule has 0 bridgehead atoms. The third-order valence-corrected chi connectivity index (χ3v) is 2.01. The molecule has 13 heavy (non-hydrogen) atoms. The molecule has 0 saturated carbocycles. The lowest BCUT2D eigenvalue weighted by molar-refractivity contribution is -0.114. The zero-order valence-electron chi connectivity index (χ0n) is 8.03. The van der Waals surface area contributed by atoms with Crippen LogP contribution >= 0.6 is 0 Å². The first kappa shape index (κ1) is 10.1. The van der Waals surface area contributed by atoms with Gasteiger partial charge in [-0.15, -0.1) is 0 Å². The standard InChI is InChI=1S/C10H15NO2/c1-10(2)3-4-11-8(6-10)5-9(13)7-12/h4,6-7,9,13H,3,5H2,1-2H3. The van der Waals surface area contributed by atoms with E-state index in [1.54, 1.807) is 0 Å². The van der Waals surface area contributed by atoms with Gasteiger partial charge in [0.05, 0.1) is 0 Å². The van der Waals surface area contributed by atoms with Gasteiger partial charge < -0.3 is 9.90 Å². The van der Waals surface area contributed by atoms with Gasteiger partial charge in [0, 0.05) is 18.3 Å². The topological polar surface area (TPSA) is 49.7 Å². The maximum absolute atomic E-state index is 10.2. The third kappa shape index (κ3) is 3.11. The van der Waals surface area contributed by atoms with Crippen molar-refractivity contribution >= 4 is 12.5 Å². The number of rotatable bonds is 3. The number of aliphatic hydroxyl groups is 1. The van der Waals surface area contributed by atoms with Crippen LogP contribution in [0.2, 0.25) is 0 Å². The van der Waals surface area contributed by atoms with Crippen molar-refractivity contribution in [2.75, 3.05) is 0 Å². The van der Waals surface area contributed by atoms with Gasteiger partial charge in [-0.1, -0.05) is 19.9 Å². The molecule has 0 amide bonds. The van der Waals surface area contributed by atoms with Gasteiger partial charge in [-0.3, -0.25) is 4.99 Å². The predicted molar refractivity (Wildman–Crippen MR) is 51.7 cm³/mol. The highest BCUT2D eigenvalue weighted by atomic mass is 16.3. The van der Waals surface area contributed by atoms with Crippen molar-refractivity contribution in [2.45, 2.75) is 32.8 Å². The van der Waals surface area contributed by atoms with Crippen molar-refractivity contribution in [2.24, 2.45) is 10.4 Å². The summed E-state index contributed by atoms with van der Waals surface area (Å²) < 4.78 is 0. The maximum Gasteiger partial charge on any atom is 0.148 e. The molecule has 3 heteroatoms. The first-order valence-corrected chi connectivity index (χ1v) is 4.41. The summed E-state index contributed by atoms with van der Waals surface area (Å²) in [4.78, 5) is 14.3. The summed E-state index contributed by atoms with van der Waals surface area (Å²) in [6, 6.07) is 0. The number of aldehydes is 1. The largest absolute Gasteiger partial charge is 0.385 e. The van der Waals surface area contributed by atoms with Crippen molar-refractivity contribution in [3.8, 4) is 0 Å². The molecule has 1 N–H and O–H groups in total. The SMILES string of the molecule is CC1(C)C=C(CC(O)C=O)N=CC1. The van der Waals surface area contributed by atoms with Crippen molar-refractivity contribution in [1.82, 2.24) is 0 Å². The number of aliphatic imine (C=N–C) groups is 1. The first-order chi connectivity index (χ1) is 6.03. The quantitative estimate of drug-likeness (QED) is 0.667. The smallest absolute Gasteiger partial charge is 0.148 e. The Morgan fingerprint density at radius 3 is 3.00 bits per heavy atom. The van der Waals surface area contributed by atoms with Crippen molar-refractivity contribution < 1.29 is 9.90 Å². The molecule has 0 aromatic heterocycles. The highest BCUT2D eigenvalue weighted by molar-refractivity contribution is 5.63. The Bertz CT molecular complexity index is 254. The van der Waals surface area contributed by atoms with E-state index in [2.05, 4.69) is 18.8 Å². The summed E-state index contributed by atoms with van der Waals surface area (Å²) in [5.74, 6) is 0. The number of allylic oxidation sites excluding steroid dienone is 1. The van der Waals surface area contributed by atoms with E-state index in [0.717, 1.165) is 12.1 Å². The third-order valence-electron chi connectivity index (χ3n) is 2.01. The monoisotopic (exact) mass is 181 g/mol. The van der Waals surface area contributed by atoms with Crippen LogP contribution in [0.25, 0.3) is 0 Å². The summed E-state index contributed by atoms with van der Waals surface area (Å²) in [5.41, 5.74) is 0.899. The second-order valence-electron chi connectivity index (χ2n) is 4.05. The van der Waals surface area contributed by atoms with E-state index >= 15 is 0 Å². The second kappa shape index (κ2) is 3.83. The lowest BCUT2D eigenvalue weighted by Gasteiger charge is -2.22. The average Bonchev–Trinajstić information content (AvgIpc) is 2.02. The Hall–Kier alpha value is -0.960. The number of nitrogens with zero attached hydrogens (tertiary/aromatic N) is 1. The zero-order valence-corrected chi connectivity index (χ0v) is 8.03. The van der Waals surface area contributed by atoms with Crippen molar-refractivity contribution in [3.05, 3.63) is 11.8 Å². The summed E-state index contributed by atoms with van der Waals surface area (Å²) in [7, 11) is 0. The van der Waals surface area contributed by atoms with Gasteiger partial charge >= 0.3 is 0 Å². The normalized spacial score (nSPS) is 22.2. The molecule has 72 valence electrons. The molecule has 0 saturated heterocycles. The Morgan fingerprint density at radius 2 is 2.46 bits per heavy atom. The fourth-order valence-corrected chi connectivity index (χ4v) is 1.32. The molecule has 1 rings (SSSR count). The fourth-order valence-electron chi connectivity index (χ4n) is 1.32. The summed E-state index contributed by atoms with van der Waals surface area (Å²) in [6.07, 6.45) is 4.71. The molecule has 1 heterocycles. The Labute approximate surface area is 78.2 Å². The van der Waals surface area contributed by atoms with Crippen LogP contribution in [0.4, 0.5) is 0 Å². The lowest BCUT2D eigenvalue weighted by atomic mass is 9.86. The van der Waals surface area contributed by atoms with Crippen molar-refractivity contribution in [3.63, 3.8) is 0 Å². The van der Waals surface area contributed by atoms with E-state index in [1.807, 2.05) is 12.3 Å². The molecule has 0 aliphatic carbocycles. The van der Waals surface area contributed by atoms with E-state index in [-0.39, 0.29) is 5.41 Å². The molecule has 0 spiro atoms. The van der Waals surface area contributed by atoms with Crippen LogP contribution in [-0.4, -0.2) is 23.7 Å². The van der Waals surface area contributed by atoms with Gasteiger partial charge in [-0.25, -0.2) is 0 Å². The molecule has 0 fully saturated rings. The molecule has 1 unspecified atom stereocenters. The number of aliphatic hydroxyl groups excluding tert-OH is 1. The molecular formula is C10H15NO2. The summed E-state index contributed by atoms with van der Waals surface area (Å²) >= 11 is 0. The molecule has 0 radical (unpaired) electrons. The van der Waals surface area contributed by atoms with Crippen LogP contribution in [0.5, 0.6) is 0 Å². The van der Waals surface area contributed by atoms with Gasteiger partial charge in [0.15, 0.2) is 0 Å². The minimum Gasteiger partial charge on any atom is -0.385 e. The Kier molecular flexibility index (Phi) is 2.98. The van der Waals surface area contributed by atoms with E-state index < -0.39 is 6.10 Å². The molecule has 0 aromatic carbocycles. The molecule has 1 aliphatic rings. The van der Waals surface area contributed by atoms with Gasteiger partial charge in [0.25, 0.3) is 0 Å². The summed E-state index contributed by atoms with van der Waals surface area (Å²) in [5, 5.41) is 9.10. The number of carbonyl (C=O) groups is 1. The number of hydrogen-bond donors (Lipinski definition) is 1. The predicted octanol–water partition coefficient (Wildman–Crippen LogP) is 1.32. The minimum atomic E-state index is -0.919. The molecular weight excluding hydrogens is 166 g/mol. The van der Waals surface area contributed by atoms with E-state index in [9.17, 15) is 4.79 Å². The minimum absolute atomic E-state index is 0.0969. The lowest BCUT2D eigenvalue weighted by Crippen LogP contribution is -2.15. The van der Waals surface area contributed by atoms with E-state index in [1.165, 1.54) is 0 Å². The Balaban J connectivity index is 2.64. The van der Waals surface area contributed by atoms with Gasteiger partial charge in [0.1, 0.15) is 12.4 Å². The molecule has 1 atom stereocenters. The van der Waals surface area contributed by atoms with Gasteiger partial charge in [0.2, 0.25) is 0 Å². The van der Waals surface area contributed by atoms with Crippen LogP contribution in [0.15, 0.2) is 16.8 Å². The summed E-state index contributed by atoms with van der Waals surface area (Å²) in [6.45, 7) is 4.21. The van der Waals surface area contributed by atoms with Crippen LogP contribution in [0.1, 0.15) is 26.7 Å². The Morgan fingerprint density at radius 1 is 1.77 bits per heavy atom. The zero-order chi connectivity index (χ0) is 9.90. The first-order valence-electron chi connectivity index (χ1n) is 4.41.